The molecule has 1 N–H and O–H groups in total. The Morgan fingerprint density at radius 2 is 1.95 bits per heavy atom. The molecule has 0 atom stereocenters. The van der Waals surface area contributed by atoms with Crippen molar-refractivity contribution in [3.8, 4) is 5.95 Å². The van der Waals surface area contributed by atoms with Crippen molar-refractivity contribution in [2.75, 3.05) is 43.6 Å². The van der Waals surface area contributed by atoms with Crippen LogP contribution in [-0.2, 0) is 4.74 Å². The highest BCUT2D eigenvalue weighted by Gasteiger charge is 2.16. The van der Waals surface area contributed by atoms with Gasteiger partial charge in [-0.3, -0.25) is 4.57 Å². The minimum Gasteiger partial charge on any atom is -0.378 e. The summed E-state index contributed by atoms with van der Waals surface area (Å²) in [5, 5.41) is 2.95. The molecule has 3 rings (SSSR count). The van der Waals surface area contributed by atoms with Crippen LogP contribution in [0.5, 0.6) is 0 Å². The molecule has 19 heavy (non-hydrogen) atoms. The van der Waals surface area contributed by atoms with Crippen LogP contribution in [0.3, 0.4) is 0 Å². The Bertz CT molecular complexity index is 536. The molecule has 0 aliphatic carbocycles. The molecule has 0 unspecified atom stereocenters. The summed E-state index contributed by atoms with van der Waals surface area (Å²) in [7, 11) is 1.79. The maximum absolute atomic E-state index is 5.34. The lowest BCUT2D eigenvalue weighted by Crippen LogP contribution is -2.37. The van der Waals surface area contributed by atoms with Gasteiger partial charge < -0.3 is 15.0 Å². The van der Waals surface area contributed by atoms with Crippen molar-refractivity contribution in [3.05, 3.63) is 18.7 Å². The van der Waals surface area contributed by atoms with Crippen LogP contribution in [0.2, 0.25) is 0 Å². The lowest BCUT2D eigenvalue weighted by molar-refractivity contribution is 0.122. The number of ether oxygens (including phenoxy) is 1. The molecule has 0 amide bonds. The zero-order chi connectivity index (χ0) is 13.1. The Labute approximate surface area is 110 Å². The molecule has 0 radical (unpaired) electrons. The van der Waals surface area contributed by atoms with E-state index in [1.807, 2.05) is 0 Å². The van der Waals surface area contributed by atoms with Crippen LogP contribution in [0.15, 0.2) is 18.7 Å². The predicted octanol–water partition coefficient (Wildman–Crippen LogP) is -0.0644. The molecular formula is C11H15N7O. The Balaban J connectivity index is 1.97. The van der Waals surface area contributed by atoms with Gasteiger partial charge in [0.1, 0.15) is 6.33 Å². The first-order chi connectivity index (χ1) is 9.36. The second-order valence-electron chi connectivity index (χ2n) is 4.08. The zero-order valence-corrected chi connectivity index (χ0v) is 10.7. The first-order valence-electron chi connectivity index (χ1n) is 6.11. The summed E-state index contributed by atoms with van der Waals surface area (Å²) in [6.45, 7) is 2.97. The molecule has 100 valence electrons. The summed E-state index contributed by atoms with van der Waals surface area (Å²) in [4.78, 5) is 19.3. The summed E-state index contributed by atoms with van der Waals surface area (Å²) in [5.41, 5.74) is 0. The molecule has 0 spiro atoms. The van der Waals surface area contributed by atoms with E-state index in [1.54, 1.807) is 30.3 Å². The number of hydrogen-bond acceptors (Lipinski definition) is 7. The van der Waals surface area contributed by atoms with Crippen molar-refractivity contribution < 1.29 is 4.74 Å². The highest BCUT2D eigenvalue weighted by molar-refractivity contribution is 5.40. The van der Waals surface area contributed by atoms with Gasteiger partial charge in [-0.1, -0.05) is 0 Å². The highest BCUT2D eigenvalue weighted by atomic mass is 16.5. The molecule has 0 aromatic carbocycles. The number of anilines is 2. The predicted molar refractivity (Wildman–Crippen MR) is 69.5 cm³/mol. The Kier molecular flexibility index (Phi) is 3.23. The molecule has 1 aliphatic rings. The maximum atomic E-state index is 5.34. The molecule has 0 bridgehead atoms. The van der Waals surface area contributed by atoms with Gasteiger partial charge >= 0.3 is 0 Å². The number of nitrogens with zero attached hydrogens (tertiary/aromatic N) is 6. The van der Waals surface area contributed by atoms with Gasteiger partial charge in [-0.25, -0.2) is 4.98 Å². The first kappa shape index (κ1) is 11.8. The van der Waals surface area contributed by atoms with E-state index in [0.717, 1.165) is 13.1 Å². The van der Waals surface area contributed by atoms with Crippen molar-refractivity contribution in [1.29, 1.82) is 0 Å². The van der Waals surface area contributed by atoms with E-state index in [2.05, 4.69) is 30.2 Å². The number of hydrogen-bond donors (Lipinski definition) is 1. The van der Waals surface area contributed by atoms with E-state index < -0.39 is 0 Å². The number of morpholine rings is 1. The van der Waals surface area contributed by atoms with E-state index in [0.29, 0.717) is 31.1 Å². The van der Waals surface area contributed by atoms with Gasteiger partial charge in [-0.15, -0.1) is 0 Å². The lowest BCUT2D eigenvalue weighted by atomic mass is 10.4. The smallest absolute Gasteiger partial charge is 0.241 e. The maximum Gasteiger partial charge on any atom is 0.241 e. The summed E-state index contributed by atoms with van der Waals surface area (Å²) < 4.78 is 7.09. The van der Waals surface area contributed by atoms with Crippen LogP contribution in [0.1, 0.15) is 0 Å². The third-order valence-corrected chi connectivity index (χ3v) is 2.86. The quantitative estimate of drug-likeness (QED) is 0.828. The molecular weight excluding hydrogens is 246 g/mol. The fourth-order valence-electron chi connectivity index (χ4n) is 1.86. The molecule has 8 heteroatoms. The topological polar surface area (TPSA) is 81.0 Å². The summed E-state index contributed by atoms with van der Waals surface area (Å²) >= 11 is 0. The Hall–Kier alpha value is -2.22. The summed E-state index contributed by atoms with van der Waals surface area (Å²) in [6, 6.07) is 0. The van der Waals surface area contributed by atoms with E-state index in [4.69, 9.17) is 4.74 Å². The summed E-state index contributed by atoms with van der Waals surface area (Å²) in [6.07, 6.45) is 5.16. The molecule has 2 aromatic rings. The van der Waals surface area contributed by atoms with Gasteiger partial charge in [0.2, 0.25) is 17.8 Å². The zero-order valence-electron chi connectivity index (χ0n) is 10.7. The van der Waals surface area contributed by atoms with Crippen LogP contribution in [0.25, 0.3) is 5.95 Å². The molecule has 8 nitrogen and oxygen atoms in total. The molecule has 1 fully saturated rings. The van der Waals surface area contributed by atoms with Crippen LogP contribution >= 0.6 is 0 Å². The minimum atomic E-state index is 0.542. The van der Waals surface area contributed by atoms with Gasteiger partial charge in [0.25, 0.3) is 0 Å². The molecule has 1 saturated heterocycles. The molecule has 2 aromatic heterocycles. The minimum absolute atomic E-state index is 0.542. The lowest BCUT2D eigenvalue weighted by Gasteiger charge is -2.27. The monoisotopic (exact) mass is 261 g/mol. The van der Waals surface area contributed by atoms with E-state index in [-0.39, 0.29) is 0 Å². The van der Waals surface area contributed by atoms with Crippen molar-refractivity contribution in [2.45, 2.75) is 0 Å². The number of aromatic nitrogens is 5. The number of rotatable bonds is 3. The van der Waals surface area contributed by atoms with Crippen molar-refractivity contribution in [2.24, 2.45) is 0 Å². The van der Waals surface area contributed by atoms with Crippen LogP contribution in [-0.4, -0.2) is 57.9 Å². The van der Waals surface area contributed by atoms with Crippen LogP contribution in [0, 0.1) is 0 Å². The van der Waals surface area contributed by atoms with Crippen molar-refractivity contribution >= 4 is 11.9 Å². The standard InChI is InChI=1S/C11H15N7O/c1-12-9-14-10(17-4-6-19-7-5-17)16-11(15-9)18-3-2-13-8-18/h2-3,8H,4-7H2,1H3,(H,12,14,15,16). The van der Waals surface area contributed by atoms with Crippen LogP contribution in [0.4, 0.5) is 11.9 Å². The second-order valence-corrected chi connectivity index (χ2v) is 4.08. The normalized spacial score (nSPS) is 15.5. The van der Waals surface area contributed by atoms with Gasteiger partial charge in [0.15, 0.2) is 0 Å². The van der Waals surface area contributed by atoms with Gasteiger partial charge in [-0.2, -0.15) is 15.0 Å². The Morgan fingerprint density at radius 1 is 1.16 bits per heavy atom. The van der Waals surface area contributed by atoms with E-state index >= 15 is 0 Å². The molecule has 0 saturated carbocycles. The molecule has 3 heterocycles. The average molecular weight is 261 g/mol. The van der Waals surface area contributed by atoms with Gasteiger partial charge in [0, 0.05) is 32.5 Å². The largest absolute Gasteiger partial charge is 0.378 e. The van der Waals surface area contributed by atoms with Crippen LogP contribution < -0.4 is 10.2 Å². The molecule has 1 aliphatic heterocycles. The highest BCUT2D eigenvalue weighted by Crippen LogP contribution is 2.14. The number of nitrogens with one attached hydrogen (secondary N) is 1. The van der Waals surface area contributed by atoms with E-state index in [1.165, 1.54) is 0 Å². The number of imidazole rings is 1. The third kappa shape index (κ3) is 2.48. The van der Waals surface area contributed by atoms with Crippen molar-refractivity contribution in [1.82, 2.24) is 24.5 Å². The Morgan fingerprint density at radius 3 is 2.63 bits per heavy atom. The van der Waals surface area contributed by atoms with Crippen molar-refractivity contribution in [3.63, 3.8) is 0 Å². The fourth-order valence-corrected chi connectivity index (χ4v) is 1.86. The van der Waals surface area contributed by atoms with Gasteiger partial charge in [0.05, 0.1) is 13.2 Å². The second kappa shape index (κ2) is 5.19. The summed E-state index contributed by atoms with van der Waals surface area (Å²) in [5.74, 6) is 1.75. The fraction of sp³-hybridized carbons (Fsp3) is 0.455. The first-order valence-corrected chi connectivity index (χ1v) is 6.11. The third-order valence-electron chi connectivity index (χ3n) is 2.86. The SMILES string of the molecule is CNc1nc(N2CCOCC2)nc(-n2ccnc2)n1. The van der Waals surface area contributed by atoms with E-state index in [9.17, 15) is 0 Å². The van der Waals surface area contributed by atoms with Gasteiger partial charge in [-0.05, 0) is 0 Å². The average Bonchev–Trinajstić information content (AvgIpc) is 3.02.